The van der Waals surface area contributed by atoms with Gasteiger partial charge in [-0.15, -0.1) is 11.3 Å². The number of nitrogens with one attached hydrogen (secondary N) is 1. The van der Waals surface area contributed by atoms with Crippen LogP contribution in [0.1, 0.15) is 23.5 Å². The highest BCUT2D eigenvalue weighted by molar-refractivity contribution is 7.22. The summed E-state index contributed by atoms with van der Waals surface area (Å²) in [6.45, 7) is 7.77. The Kier molecular flexibility index (Phi) is 5.78. The first kappa shape index (κ1) is 18.0. The van der Waals surface area contributed by atoms with Gasteiger partial charge in [0.1, 0.15) is 5.82 Å². The number of amides is 1. The molecule has 132 valence electrons. The summed E-state index contributed by atoms with van der Waals surface area (Å²) in [7, 11) is 0. The first-order valence-electron chi connectivity index (χ1n) is 8.37. The smallest absolute Gasteiger partial charge is 0.270 e. The molecule has 1 amide bonds. The van der Waals surface area contributed by atoms with Crippen molar-refractivity contribution in [3.8, 4) is 0 Å². The number of aromatic nitrogens is 1. The highest BCUT2D eigenvalue weighted by Crippen LogP contribution is 2.30. The Bertz CT molecular complexity index is 843. The highest BCUT2D eigenvalue weighted by Gasteiger charge is 2.23. The number of anilines is 1. The first-order chi connectivity index (χ1) is 12.1. The lowest BCUT2D eigenvalue weighted by molar-refractivity contribution is -0.894. The van der Waals surface area contributed by atoms with Gasteiger partial charge in [-0.2, -0.15) is 0 Å². The maximum absolute atomic E-state index is 13.5. The molecule has 0 saturated heterocycles. The van der Waals surface area contributed by atoms with Gasteiger partial charge < -0.3 is 4.90 Å². The molecule has 0 aliphatic carbocycles. The van der Waals surface area contributed by atoms with E-state index in [9.17, 15) is 9.18 Å². The van der Waals surface area contributed by atoms with Gasteiger partial charge in [0.25, 0.3) is 5.91 Å². The summed E-state index contributed by atoms with van der Waals surface area (Å²) in [5.74, 6) is -0.326. The van der Waals surface area contributed by atoms with Crippen LogP contribution in [0.2, 0.25) is 0 Å². The summed E-state index contributed by atoms with van der Waals surface area (Å²) in [4.78, 5) is 21.4. The number of hydrogen-bond donors (Lipinski definition) is 1. The number of quaternary nitrogens is 1. The average molecular weight is 379 g/mol. The second-order valence-electron chi connectivity index (χ2n) is 5.75. The zero-order valence-electron chi connectivity index (χ0n) is 14.3. The summed E-state index contributed by atoms with van der Waals surface area (Å²) in [6, 6.07) is 8.24. The van der Waals surface area contributed by atoms with Crippen LogP contribution in [0.5, 0.6) is 0 Å². The Morgan fingerprint density at radius 1 is 1.28 bits per heavy atom. The van der Waals surface area contributed by atoms with Crippen molar-refractivity contribution in [2.75, 3.05) is 31.1 Å². The number of carbonyl (C=O) groups is 1. The minimum Gasteiger partial charge on any atom is -0.334 e. The number of likely N-dealkylation sites (N-methyl/N-ethyl adjacent to an activating group) is 1. The lowest BCUT2D eigenvalue weighted by atomic mass is 10.3. The maximum atomic E-state index is 13.5. The van der Waals surface area contributed by atoms with Crippen LogP contribution in [0, 0.1) is 5.82 Å². The van der Waals surface area contributed by atoms with E-state index in [1.165, 1.54) is 39.7 Å². The van der Waals surface area contributed by atoms with Gasteiger partial charge in [-0.1, -0.05) is 17.4 Å². The van der Waals surface area contributed by atoms with Crippen LogP contribution < -0.4 is 9.80 Å². The van der Waals surface area contributed by atoms with Crippen molar-refractivity contribution < 1.29 is 14.1 Å². The largest absolute Gasteiger partial charge is 0.334 e. The van der Waals surface area contributed by atoms with Crippen molar-refractivity contribution in [2.45, 2.75) is 13.8 Å². The summed E-state index contributed by atoms with van der Waals surface area (Å²) >= 11 is 2.79. The topological polar surface area (TPSA) is 37.6 Å². The third-order valence-corrected chi connectivity index (χ3v) is 6.14. The molecule has 0 radical (unpaired) electrons. The molecule has 1 aromatic carbocycles. The molecule has 0 atom stereocenters. The lowest BCUT2D eigenvalue weighted by Gasteiger charge is -2.22. The minimum atomic E-state index is -0.286. The van der Waals surface area contributed by atoms with Crippen LogP contribution in [-0.4, -0.2) is 37.1 Å². The van der Waals surface area contributed by atoms with Crippen LogP contribution in [-0.2, 0) is 0 Å². The Morgan fingerprint density at radius 3 is 2.76 bits per heavy atom. The number of fused-ring (bicyclic) bond motifs is 1. The fourth-order valence-electron chi connectivity index (χ4n) is 2.69. The molecule has 0 aliphatic heterocycles. The molecule has 0 fully saturated rings. The van der Waals surface area contributed by atoms with E-state index in [0.29, 0.717) is 16.6 Å². The summed E-state index contributed by atoms with van der Waals surface area (Å²) in [5, 5.41) is 2.53. The van der Waals surface area contributed by atoms with Crippen molar-refractivity contribution in [3.05, 3.63) is 46.4 Å². The van der Waals surface area contributed by atoms with E-state index in [2.05, 4.69) is 18.8 Å². The molecule has 2 heterocycles. The summed E-state index contributed by atoms with van der Waals surface area (Å²) in [6.07, 6.45) is 0. The fraction of sp³-hybridized carbons (Fsp3) is 0.333. The van der Waals surface area contributed by atoms with Gasteiger partial charge >= 0.3 is 0 Å². The predicted molar refractivity (Wildman–Crippen MR) is 102 cm³/mol. The van der Waals surface area contributed by atoms with Crippen molar-refractivity contribution in [2.24, 2.45) is 0 Å². The van der Waals surface area contributed by atoms with E-state index < -0.39 is 0 Å². The number of thiophene rings is 1. The first-order valence-corrected chi connectivity index (χ1v) is 10.1. The van der Waals surface area contributed by atoms with E-state index in [-0.39, 0.29) is 11.7 Å². The van der Waals surface area contributed by atoms with Crippen LogP contribution in [0.4, 0.5) is 9.52 Å². The zero-order chi connectivity index (χ0) is 17.8. The predicted octanol–water partition coefficient (Wildman–Crippen LogP) is 3.07. The van der Waals surface area contributed by atoms with E-state index >= 15 is 0 Å². The van der Waals surface area contributed by atoms with Crippen LogP contribution in [0.15, 0.2) is 35.7 Å². The molecule has 0 spiro atoms. The van der Waals surface area contributed by atoms with Gasteiger partial charge in [0.2, 0.25) is 0 Å². The van der Waals surface area contributed by atoms with Gasteiger partial charge in [0.15, 0.2) is 5.13 Å². The summed E-state index contributed by atoms with van der Waals surface area (Å²) < 4.78 is 14.2. The van der Waals surface area contributed by atoms with Crippen molar-refractivity contribution in [1.29, 1.82) is 0 Å². The molecule has 25 heavy (non-hydrogen) atoms. The van der Waals surface area contributed by atoms with Crippen molar-refractivity contribution in [1.82, 2.24) is 4.98 Å². The van der Waals surface area contributed by atoms with Gasteiger partial charge in [-0.25, -0.2) is 9.37 Å². The molecule has 0 bridgehead atoms. The number of nitrogens with zero attached hydrogens (tertiary/aromatic N) is 2. The third kappa shape index (κ3) is 4.05. The SMILES string of the molecule is CC[NH+](CC)CCN(C(=O)c1cccs1)c1nc2ccc(F)cc2s1. The molecular formula is C18H21FN3OS2+. The highest BCUT2D eigenvalue weighted by atomic mass is 32.1. The standard InChI is InChI=1S/C18H20FN3OS2/c1-3-21(4-2)9-10-22(17(23)15-6-5-11-24-15)18-20-14-8-7-13(19)12-16(14)25-18/h5-8,11-12H,3-4,9-10H2,1-2H3/p+1. The Hall–Kier alpha value is -1.83. The Balaban J connectivity index is 1.92. The molecule has 7 heteroatoms. The summed E-state index contributed by atoms with van der Waals surface area (Å²) in [5.41, 5.74) is 0.723. The normalized spacial score (nSPS) is 11.4. The van der Waals surface area contributed by atoms with E-state index in [1.54, 1.807) is 11.0 Å². The quantitative estimate of drug-likeness (QED) is 0.686. The molecule has 3 rings (SSSR count). The third-order valence-electron chi connectivity index (χ3n) is 4.24. The molecule has 0 unspecified atom stereocenters. The van der Waals surface area contributed by atoms with E-state index in [1.807, 2.05) is 17.5 Å². The van der Waals surface area contributed by atoms with Crippen LogP contribution in [0.3, 0.4) is 0 Å². The molecule has 2 aromatic heterocycles. The number of thiazole rings is 1. The second kappa shape index (κ2) is 8.03. The Morgan fingerprint density at radius 2 is 2.08 bits per heavy atom. The lowest BCUT2D eigenvalue weighted by Crippen LogP contribution is -3.12. The number of halogens is 1. The molecule has 3 aromatic rings. The molecule has 0 aliphatic rings. The van der Waals surface area contributed by atoms with Gasteiger partial charge in [0.05, 0.1) is 41.3 Å². The minimum absolute atomic E-state index is 0.0407. The van der Waals surface area contributed by atoms with Gasteiger partial charge in [-0.05, 0) is 43.5 Å². The second-order valence-corrected chi connectivity index (χ2v) is 7.71. The van der Waals surface area contributed by atoms with Crippen molar-refractivity contribution in [3.63, 3.8) is 0 Å². The monoisotopic (exact) mass is 378 g/mol. The number of rotatable bonds is 7. The average Bonchev–Trinajstić information content (AvgIpc) is 3.27. The maximum Gasteiger partial charge on any atom is 0.270 e. The van der Waals surface area contributed by atoms with Crippen molar-refractivity contribution >= 4 is 43.9 Å². The van der Waals surface area contributed by atoms with E-state index in [4.69, 9.17) is 0 Å². The Labute approximate surface area is 154 Å². The zero-order valence-corrected chi connectivity index (χ0v) is 15.9. The van der Waals surface area contributed by atoms with Gasteiger partial charge in [0, 0.05) is 0 Å². The van der Waals surface area contributed by atoms with Gasteiger partial charge in [-0.3, -0.25) is 9.69 Å². The molecular weight excluding hydrogens is 357 g/mol. The van der Waals surface area contributed by atoms with Crippen LogP contribution in [0.25, 0.3) is 10.2 Å². The fourth-order valence-corrected chi connectivity index (χ4v) is 4.38. The number of carbonyl (C=O) groups excluding carboxylic acids is 1. The van der Waals surface area contributed by atoms with E-state index in [0.717, 1.165) is 29.9 Å². The number of benzene rings is 1. The molecule has 1 N–H and O–H groups in total. The molecule has 4 nitrogen and oxygen atoms in total. The van der Waals surface area contributed by atoms with Crippen LogP contribution >= 0.6 is 22.7 Å². The molecule has 0 saturated carbocycles. The number of hydrogen-bond acceptors (Lipinski definition) is 4.